The number of ether oxygens (including phenoxy) is 7. The number of aliphatic hydroxyl groups is 4. The molecule has 318 valence electrons. The van der Waals surface area contributed by atoms with Gasteiger partial charge in [0.2, 0.25) is 0 Å². The smallest absolute Gasteiger partial charge is 0.311 e. The number of likely N-dealkylation sites (N-methyl/N-ethyl adjacent to an activating group) is 1. The van der Waals surface area contributed by atoms with Gasteiger partial charge in [-0.1, -0.05) is 34.6 Å². The standard InChI is InChI=1S/C41H77NO12/c1-15-31-41(12,47)35(44)24(4)19-23(3)21-39(10,46)36(54-38-33(43)30(20-25(5)50-38)42(13)17-18-49-16-2)26(6)34(27(7)37(45)52-31)53-32-22-40(11,48-14)28(8)29(9)51-32/h23-36,38,43-44,46-47H,15-22H2,1-14H3/t23-,24+,25+,26-,27+,28-,29-,30-,31-,32-,33+,34-,35+,36+,38-,39-,40+,41+/m0/s1. The second-order valence-electron chi connectivity index (χ2n) is 17.8. The van der Waals surface area contributed by atoms with Gasteiger partial charge in [-0.3, -0.25) is 9.69 Å². The molecule has 3 saturated heterocycles. The van der Waals surface area contributed by atoms with Crippen LogP contribution in [0.2, 0.25) is 0 Å². The van der Waals surface area contributed by atoms with E-state index in [1.54, 1.807) is 27.9 Å². The highest BCUT2D eigenvalue weighted by Crippen LogP contribution is 2.42. The molecule has 0 spiro atoms. The van der Waals surface area contributed by atoms with E-state index < -0.39 is 83.6 Å². The van der Waals surface area contributed by atoms with Gasteiger partial charge in [-0.25, -0.2) is 0 Å². The molecule has 3 rings (SSSR count). The molecule has 0 unspecified atom stereocenters. The van der Waals surface area contributed by atoms with Crippen LogP contribution in [0.15, 0.2) is 0 Å². The highest BCUT2D eigenvalue weighted by molar-refractivity contribution is 5.73. The van der Waals surface area contributed by atoms with Crippen LogP contribution in [0.1, 0.15) is 115 Å². The lowest BCUT2D eigenvalue weighted by Crippen LogP contribution is -2.60. The molecule has 0 aromatic carbocycles. The third kappa shape index (κ3) is 11.2. The van der Waals surface area contributed by atoms with Crippen molar-refractivity contribution >= 4 is 5.97 Å². The van der Waals surface area contributed by atoms with Crippen LogP contribution >= 0.6 is 0 Å². The first-order valence-corrected chi connectivity index (χ1v) is 20.5. The minimum absolute atomic E-state index is 0.0531. The Kier molecular flexibility index (Phi) is 17.3. The Labute approximate surface area is 325 Å². The summed E-state index contributed by atoms with van der Waals surface area (Å²) in [7, 11) is 3.61. The second-order valence-corrected chi connectivity index (χ2v) is 17.8. The average molecular weight is 776 g/mol. The van der Waals surface area contributed by atoms with Gasteiger partial charge in [0.1, 0.15) is 17.8 Å². The third-order valence-electron chi connectivity index (χ3n) is 13.1. The summed E-state index contributed by atoms with van der Waals surface area (Å²) in [5.74, 6) is -2.74. The number of nitrogens with zero attached hydrogens (tertiary/aromatic N) is 1. The van der Waals surface area contributed by atoms with E-state index in [1.165, 1.54) is 6.92 Å². The average Bonchev–Trinajstić information content (AvgIpc) is 3.09. The number of rotatable bonds is 11. The monoisotopic (exact) mass is 776 g/mol. The van der Waals surface area contributed by atoms with E-state index in [4.69, 9.17) is 33.2 Å². The van der Waals surface area contributed by atoms with E-state index in [-0.39, 0.29) is 42.9 Å². The molecule has 0 amide bonds. The molecular formula is C41H77NO12. The maximum atomic E-state index is 14.2. The van der Waals surface area contributed by atoms with E-state index in [2.05, 4.69) is 11.8 Å². The summed E-state index contributed by atoms with van der Waals surface area (Å²) in [6, 6.07) is -0.301. The maximum absolute atomic E-state index is 14.2. The van der Waals surface area contributed by atoms with E-state index >= 15 is 0 Å². The van der Waals surface area contributed by atoms with Crippen molar-refractivity contribution in [2.45, 2.75) is 193 Å². The predicted molar refractivity (Wildman–Crippen MR) is 204 cm³/mol. The second kappa shape index (κ2) is 19.7. The summed E-state index contributed by atoms with van der Waals surface area (Å²) in [5, 5.41) is 47.5. The molecule has 4 N–H and O–H groups in total. The Bertz CT molecular complexity index is 1160. The molecular weight excluding hydrogens is 698 g/mol. The molecule has 0 radical (unpaired) electrons. The molecule has 3 heterocycles. The van der Waals surface area contributed by atoms with Gasteiger partial charge >= 0.3 is 5.97 Å². The summed E-state index contributed by atoms with van der Waals surface area (Å²) in [6.07, 6.45) is -5.66. The molecule has 3 fully saturated rings. The van der Waals surface area contributed by atoms with Crippen molar-refractivity contribution in [3.05, 3.63) is 0 Å². The van der Waals surface area contributed by atoms with Crippen LogP contribution in [0.5, 0.6) is 0 Å². The fourth-order valence-corrected chi connectivity index (χ4v) is 9.32. The molecule has 0 saturated carbocycles. The number of aliphatic hydroxyl groups excluding tert-OH is 2. The van der Waals surface area contributed by atoms with Crippen molar-refractivity contribution in [1.29, 1.82) is 0 Å². The predicted octanol–water partition coefficient (Wildman–Crippen LogP) is 4.29. The van der Waals surface area contributed by atoms with Crippen LogP contribution in [0, 0.1) is 29.6 Å². The Hall–Kier alpha value is -0.970. The highest BCUT2D eigenvalue weighted by atomic mass is 16.7. The minimum atomic E-state index is -1.74. The molecule has 0 bridgehead atoms. The Morgan fingerprint density at radius 1 is 0.926 bits per heavy atom. The quantitative estimate of drug-likeness (QED) is 0.174. The maximum Gasteiger partial charge on any atom is 0.311 e. The van der Waals surface area contributed by atoms with Gasteiger partial charge in [-0.2, -0.15) is 0 Å². The van der Waals surface area contributed by atoms with Crippen LogP contribution in [-0.4, -0.2) is 143 Å². The van der Waals surface area contributed by atoms with E-state index in [9.17, 15) is 25.2 Å². The first-order chi connectivity index (χ1) is 25.0. The SMILES string of the molecule is CCOCCN(C)[C@H]1C[C@@H](C)O[C@@H](O[C@@H]2[C@@H](C)[C@H](O[C@H]3C[C@@](C)(OC)[C@@H](C)[C@H](C)O3)[C@@H](C)C(=O)O[C@@H](CC)[C@@](C)(O)[C@H](O)[C@H](C)C[C@H](C)C[C@]2(C)O)[C@@H]1O. The van der Waals surface area contributed by atoms with Crippen LogP contribution in [0.4, 0.5) is 0 Å². The minimum Gasteiger partial charge on any atom is -0.459 e. The Balaban J connectivity index is 2.12. The lowest BCUT2D eigenvalue weighted by atomic mass is 9.74. The largest absolute Gasteiger partial charge is 0.459 e. The van der Waals surface area contributed by atoms with Crippen LogP contribution in [-0.2, 0) is 38.0 Å². The van der Waals surface area contributed by atoms with E-state index in [0.717, 1.165) is 0 Å². The lowest BCUT2D eigenvalue weighted by molar-refractivity contribution is -0.314. The highest BCUT2D eigenvalue weighted by Gasteiger charge is 2.52. The molecule has 3 aliphatic heterocycles. The van der Waals surface area contributed by atoms with Gasteiger partial charge in [0, 0.05) is 44.6 Å². The van der Waals surface area contributed by atoms with Crippen LogP contribution < -0.4 is 0 Å². The number of carbonyl (C=O) groups excluding carboxylic acids is 1. The van der Waals surface area contributed by atoms with Crippen molar-refractivity contribution in [3.8, 4) is 0 Å². The number of hydrogen-bond donors (Lipinski definition) is 4. The van der Waals surface area contributed by atoms with Gasteiger partial charge in [0.05, 0.1) is 54.2 Å². The molecule has 0 aromatic heterocycles. The summed E-state index contributed by atoms with van der Waals surface area (Å²) in [5.41, 5.74) is -3.85. The van der Waals surface area contributed by atoms with Crippen LogP contribution in [0.3, 0.4) is 0 Å². The van der Waals surface area contributed by atoms with E-state index in [0.29, 0.717) is 39.0 Å². The van der Waals surface area contributed by atoms with Crippen molar-refractivity contribution in [2.24, 2.45) is 29.6 Å². The summed E-state index contributed by atoms with van der Waals surface area (Å²) in [4.78, 5) is 16.3. The summed E-state index contributed by atoms with van der Waals surface area (Å²) >= 11 is 0. The Morgan fingerprint density at radius 2 is 1.57 bits per heavy atom. The number of methoxy groups -OCH3 is 1. The van der Waals surface area contributed by atoms with Gasteiger partial charge in [0.15, 0.2) is 12.6 Å². The van der Waals surface area contributed by atoms with Crippen molar-refractivity contribution in [2.75, 3.05) is 33.9 Å². The molecule has 13 heteroatoms. The number of cyclic esters (lactones) is 1. The zero-order valence-corrected chi connectivity index (χ0v) is 35.8. The van der Waals surface area contributed by atoms with E-state index in [1.807, 2.05) is 55.5 Å². The van der Waals surface area contributed by atoms with Crippen molar-refractivity contribution in [1.82, 2.24) is 4.90 Å². The molecule has 54 heavy (non-hydrogen) atoms. The molecule has 0 aliphatic carbocycles. The number of carbonyl (C=O) groups is 1. The van der Waals surface area contributed by atoms with Crippen molar-refractivity contribution in [3.63, 3.8) is 0 Å². The van der Waals surface area contributed by atoms with Crippen LogP contribution in [0.25, 0.3) is 0 Å². The molecule has 0 aromatic rings. The zero-order chi connectivity index (χ0) is 40.9. The topological polar surface area (TPSA) is 166 Å². The number of esters is 1. The fraction of sp³-hybridized carbons (Fsp3) is 0.976. The van der Waals surface area contributed by atoms with Gasteiger partial charge in [0.25, 0.3) is 0 Å². The molecule has 3 aliphatic rings. The zero-order valence-electron chi connectivity index (χ0n) is 35.8. The summed E-state index contributed by atoms with van der Waals surface area (Å²) < 4.78 is 44.0. The molecule has 18 atom stereocenters. The summed E-state index contributed by atoms with van der Waals surface area (Å²) in [6.45, 7) is 24.1. The van der Waals surface area contributed by atoms with Gasteiger partial charge in [-0.05, 0) is 93.0 Å². The van der Waals surface area contributed by atoms with Gasteiger partial charge < -0.3 is 53.6 Å². The van der Waals surface area contributed by atoms with Crippen molar-refractivity contribution < 1.29 is 58.4 Å². The first kappa shape index (κ1) is 47.4. The third-order valence-corrected chi connectivity index (χ3v) is 13.1. The lowest BCUT2D eigenvalue weighted by Gasteiger charge is -2.49. The molecule has 13 nitrogen and oxygen atoms in total. The first-order valence-electron chi connectivity index (χ1n) is 20.5. The Morgan fingerprint density at radius 3 is 2.17 bits per heavy atom. The normalized spacial score (nSPS) is 47.6. The number of hydrogen-bond acceptors (Lipinski definition) is 13. The fourth-order valence-electron chi connectivity index (χ4n) is 9.32. The van der Waals surface area contributed by atoms with Gasteiger partial charge in [-0.15, -0.1) is 0 Å².